The number of fused-ring (bicyclic) bond motifs is 1. The molecule has 0 spiro atoms. The molecule has 0 unspecified atom stereocenters. The number of methoxy groups -OCH3 is 2. The summed E-state index contributed by atoms with van der Waals surface area (Å²) in [5.41, 5.74) is 2.56. The van der Waals surface area contributed by atoms with Gasteiger partial charge < -0.3 is 14.0 Å². The first-order valence-electron chi connectivity index (χ1n) is 4.59. The van der Waals surface area contributed by atoms with E-state index in [-0.39, 0.29) is 6.29 Å². The van der Waals surface area contributed by atoms with Crippen LogP contribution in [-0.4, -0.2) is 28.8 Å². The van der Waals surface area contributed by atoms with Crippen LogP contribution >= 0.6 is 0 Å². The summed E-state index contributed by atoms with van der Waals surface area (Å²) in [5.74, 6) is 0. The Morgan fingerprint density at radius 3 is 2.67 bits per heavy atom. The zero-order valence-electron chi connectivity index (χ0n) is 8.97. The predicted octanol–water partition coefficient (Wildman–Crippen LogP) is 1.26. The number of nitrogens with zero attached hydrogens (tertiary/aromatic N) is 3. The van der Waals surface area contributed by atoms with Crippen molar-refractivity contribution in [1.29, 1.82) is 0 Å². The summed E-state index contributed by atoms with van der Waals surface area (Å²) >= 11 is 0. The summed E-state index contributed by atoms with van der Waals surface area (Å²) in [7, 11) is 5.10. The third kappa shape index (κ3) is 1.71. The van der Waals surface area contributed by atoms with Crippen molar-refractivity contribution in [1.82, 2.24) is 14.5 Å². The maximum absolute atomic E-state index is 5.14. The van der Waals surface area contributed by atoms with Gasteiger partial charge in [0.2, 0.25) is 0 Å². The van der Waals surface area contributed by atoms with E-state index >= 15 is 0 Å². The molecule has 0 N–H and O–H groups in total. The highest BCUT2D eigenvalue weighted by molar-refractivity contribution is 5.71. The van der Waals surface area contributed by atoms with Gasteiger partial charge in [-0.3, -0.25) is 0 Å². The molecule has 0 aliphatic heterocycles. The maximum Gasteiger partial charge on any atom is 0.184 e. The molecule has 2 heterocycles. The summed E-state index contributed by atoms with van der Waals surface area (Å²) in [6.45, 7) is 0. The molecule has 5 heteroatoms. The van der Waals surface area contributed by atoms with Gasteiger partial charge in [0.15, 0.2) is 11.9 Å². The molecule has 80 valence electrons. The lowest BCUT2D eigenvalue weighted by Gasteiger charge is -2.12. The monoisotopic (exact) mass is 207 g/mol. The number of aromatic nitrogens is 3. The largest absolute Gasteiger partial charge is 0.352 e. The lowest BCUT2D eigenvalue weighted by atomic mass is 10.2. The first-order valence-corrected chi connectivity index (χ1v) is 4.59. The number of hydrogen-bond acceptors (Lipinski definition) is 4. The number of pyridine rings is 1. The summed E-state index contributed by atoms with van der Waals surface area (Å²) < 4.78 is 12.2. The first-order chi connectivity index (χ1) is 7.26. The Morgan fingerprint density at radius 2 is 2.00 bits per heavy atom. The number of ether oxygens (including phenoxy) is 2. The molecule has 0 aromatic carbocycles. The topological polar surface area (TPSA) is 49.2 Å². The summed E-state index contributed by atoms with van der Waals surface area (Å²) in [6.07, 6.45) is 3.08. The van der Waals surface area contributed by atoms with Crippen LogP contribution in [0.2, 0.25) is 0 Å². The molecule has 0 atom stereocenters. The van der Waals surface area contributed by atoms with Crippen LogP contribution in [-0.2, 0) is 16.5 Å². The van der Waals surface area contributed by atoms with Crippen LogP contribution in [0.1, 0.15) is 11.9 Å². The Kier molecular flexibility index (Phi) is 2.66. The van der Waals surface area contributed by atoms with Crippen LogP contribution in [0.5, 0.6) is 0 Å². The van der Waals surface area contributed by atoms with Gasteiger partial charge in [-0.05, 0) is 6.07 Å². The molecule has 0 aliphatic rings. The van der Waals surface area contributed by atoms with Gasteiger partial charge in [-0.15, -0.1) is 0 Å². The Balaban J connectivity index is 2.46. The minimum absolute atomic E-state index is 0.385. The van der Waals surface area contributed by atoms with E-state index in [1.807, 2.05) is 17.7 Å². The van der Waals surface area contributed by atoms with Crippen molar-refractivity contribution in [3.63, 3.8) is 0 Å². The van der Waals surface area contributed by atoms with Crippen molar-refractivity contribution in [3.8, 4) is 0 Å². The van der Waals surface area contributed by atoms with E-state index in [0.29, 0.717) is 0 Å². The minimum atomic E-state index is -0.385. The Bertz CT molecular complexity index is 463. The SMILES string of the molecule is COC(OC)c1cnc2c(c1)ncn2C. The van der Waals surface area contributed by atoms with Crippen LogP contribution in [0.25, 0.3) is 11.2 Å². The van der Waals surface area contributed by atoms with Gasteiger partial charge in [0.1, 0.15) is 5.52 Å². The van der Waals surface area contributed by atoms with E-state index in [2.05, 4.69) is 9.97 Å². The van der Waals surface area contributed by atoms with Crippen molar-refractivity contribution < 1.29 is 9.47 Å². The lowest BCUT2D eigenvalue weighted by Crippen LogP contribution is -2.04. The van der Waals surface area contributed by atoms with Crippen LogP contribution in [0.15, 0.2) is 18.6 Å². The van der Waals surface area contributed by atoms with E-state index in [1.54, 1.807) is 26.7 Å². The van der Waals surface area contributed by atoms with Crippen molar-refractivity contribution in [2.24, 2.45) is 7.05 Å². The highest BCUT2D eigenvalue weighted by Crippen LogP contribution is 2.19. The fourth-order valence-electron chi connectivity index (χ4n) is 1.53. The quantitative estimate of drug-likeness (QED) is 0.711. The van der Waals surface area contributed by atoms with Gasteiger partial charge in [-0.1, -0.05) is 0 Å². The number of imidazole rings is 1. The predicted molar refractivity (Wildman–Crippen MR) is 55.3 cm³/mol. The standard InChI is InChI=1S/C10H13N3O2/c1-13-6-12-8-4-7(5-11-9(8)13)10(14-2)15-3/h4-6,10H,1-3H3. The second-order valence-corrected chi connectivity index (χ2v) is 3.27. The number of rotatable bonds is 3. The first kappa shape index (κ1) is 10.1. The maximum atomic E-state index is 5.14. The molecule has 5 nitrogen and oxygen atoms in total. The van der Waals surface area contributed by atoms with E-state index < -0.39 is 0 Å². The average Bonchev–Trinajstić information content (AvgIpc) is 2.62. The van der Waals surface area contributed by atoms with Crippen LogP contribution in [0.3, 0.4) is 0 Å². The molecule has 0 bridgehead atoms. The van der Waals surface area contributed by atoms with Crippen LogP contribution in [0.4, 0.5) is 0 Å². The van der Waals surface area contributed by atoms with Gasteiger partial charge in [-0.25, -0.2) is 9.97 Å². The van der Waals surface area contributed by atoms with Gasteiger partial charge in [0, 0.05) is 33.0 Å². The lowest BCUT2D eigenvalue weighted by molar-refractivity contribution is -0.106. The van der Waals surface area contributed by atoms with Crippen molar-refractivity contribution in [3.05, 3.63) is 24.2 Å². The van der Waals surface area contributed by atoms with Crippen molar-refractivity contribution >= 4 is 11.2 Å². The zero-order chi connectivity index (χ0) is 10.8. The molecule has 2 aromatic rings. The molecule has 2 rings (SSSR count). The summed E-state index contributed by atoms with van der Waals surface area (Å²) in [4.78, 5) is 8.52. The highest BCUT2D eigenvalue weighted by Gasteiger charge is 2.11. The molecule has 0 amide bonds. The fraction of sp³-hybridized carbons (Fsp3) is 0.400. The van der Waals surface area contributed by atoms with E-state index in [0.717, 1.165) is 16.7 Å². The van der Waals surface area contributed by atoms with Crippen molar-refractivity contribution in [2.75, 3.05) is 14.2 Å². The normalized spacial score (nSPS) is 11.5. The van der Waals surface area contributed by atoms with Gasteiger partial charge in [0.05, 0.1) is 6.33 Å². The highest BCUT2D eigenvalue weighted by atomic mass is 16.7. The molecule has 2 aromatic heterocycles. The second-order valence-electron chi connectivity index (χ2n) is 3.27. The van der Waals surface area contributed by atoms with Crippen LogP contribution < -0.4 is 0 Å². The summed E-state index contributed by atoms with van der Waals surface area (Å²) in [6, 6.07) is 1.92. The molecule has 15 heavy (non-hydrogen) atoms. The fourth-order valence-corrected chi connectivity index (χ4v) is 1.53. The molecule has 0 fully saturated rings. The Hall–Kier alpha value is -1.46. The molecular formula is C10H13N3O2. The van der Waals surface area contributed by atoms with Crippen LogP contribution in [0, 0.1) is 0 Å². The van der Waals surface area contributed by atoms with E-state index in [1.165, 1.54) is 0 Å². The number of aryl methyl sites for hydroxylation is 1. The third-order valence-corrected chi connectivity index (χ3v) is 2.27. The second kappa shape index (κ2) is 3.96. The Morgan fingerprint density at radius 1 is 1.27 bits per heavy atom. The zero-order valence-corrected chi connectivity index (χ0v) is 8.97. The van der Waals surface area contributed by atoms with E-state index in [4.69, 9.17) is 9.47 Å². The van der Waals surface area contributed by atoms with E-state index in [9.17, 15) is 0 Å². The van der Waals surface area contributed by atoms with Gasteiger partial charge in [-0.2, -0.15) is 0 Å². The third-order valence-electron chi connectivity index (χ3n) is 2.27. The molecular weight excluding hydrogens is 194 g/mol. The number of hydrogen-bond donors (Lipinski definition) is 0. The minimum Gasteiger partial charge on any atom is -0.352 e. The summed E-state index contributed by atoms with van der Waals surface area (Å²) in [5, 5.41) is 0. The smallest absolute Gasteiger partial charge is 0.184 e. The Labute approximate surface area is 87.7 Å². The van der Waals surface area contributed by atoms with Crippen molar-refractivity contribution in [2.45, 2.75) is 6.29 Å². The molecule has 0 aliphatic carbocycles. The van der Waals surface area contributed by atoms with Gasteiger partial charge >= 0.3 is 0 Å². The molecule has 0 saturated carbocycles. The average molecular weight is 207 g/mol. The molecule has 0 radical (unpaired) electrons. The van der Waals surface area contributed by atoms with Gasteiger partial charge in [0.25, 0.3) is 0 Å². The molecule has 0 saturated heterocycles.